The molecule has 0 atom stereocenters. The van der Waals surface area contributed by atoms with Crippen molar-refractivity contribution in [2.24, 2.45) is 0 Å². The summed E-state index contributed by atoms with van der Waals surface area (Å²) in [6, 6.07) is 5.41. The van der Waals surface area contributed by atoms with E-state index in [2.05, 4.69) is 10.3 Å². The molecular weight excluding hydrogens is 525 g/mol. The number of thiazole rings is 1. The Hall–Kier alpha value is -3.00. The second-order valence-electron chi connectivity index (χ2n) is 6.84. The molecule has 2 N–H and O–H groups in total. The summed E-state index contributed by atoms with van der Waals surface area (Å²) in [6.07, 6.45) is 1.61. The highest BCUT2D eigenvalue weighted by atomic mass is 32.2. The van der Waals surface area contributed by atoms with Crippen LogP contribution in [0.5, 0.6) is 0 Å². The molecule has 3 aromatic rings. The van der Waals surface area contributed by atoms with Gasteiger partial charge in [-0.25, -0.2) is 18.6 Å². The number of nitrogens with zero attached hydrogens (tertiary/aromatic N) is 2. The number of thiocarbonyl (C=S) groups is 1. The number of carboxylic acids is 1. The zero-order valence-electron chi connectivity index (χ0n) is 16.9. The predicted octanol–water partition coefficient (Wildman–Crippen LogP) is 5.08. The number of thioether (sulfide) groups is 1. The number of halogens is 2. The zero-order valence-corrected chi connectivity index (χ0v) is 20.2. The fraction of sp³-hybridized carbons (Fsp3) is 0.0952. The topological polar surface area (TPSA) is 99.6 Å². The summed E-state index contributed by atoms with van der Waals surface area (Å²) in [5.74, 6) is -3.82. The molecule has 1 fully saturated rings. The van der Waals surface area contributed by atoms with E-state index in [-0.39, 0.29) is 29.7 Å². The highest BCUT2D eigenvalue weighted by Gasteiger charge is 2.32. The molecule has 1 aromatic carbocycles. The van der Waals surface area contributed by atoms with Gasteiger partial charge in [-0.2, -0.15) is 0 Å². The third-order valence-corrected chi connectivity index (χ3v) is 7.57. The molecule has 1 aliphatic rings. The van der Waals surface area contributed by atoms with E-state index in [1.807, 2.05) is 0 Å². The predicted molar refractivity (Wildman–Crippen MR) is 132 cm³/mol. The first kappa shape index (κ1) is 24.1. The molecule has 0 unspecified atom stereocenters. The Morgan fingerprint density at radius 3 is 2.65 bits per heavy atom. The quantitative estimate of drug-likeness (QED) is 0.320. The maximum Gasteiger partial charge on any atom is 0.355 e. The molecule has 174 valence electrons. The minimum atomic E-state index is -1.19. The van der Waals surface area contributed by atoms with Gasteiger partial charge in [-0.3, -0.25) is 14.5 Å². The molecule has 1 aliphatic heterocycles. The van der Waals surface area contributed by atoms with E-state index in [0.717, 1.165) is 40.1 Å². The van der Waals surface area contributed by atoms with Crippen molar-refractivity contribution in [3.05, 3.63) is 62.1 Å². The van der Waals surface area contributed by atoms with Gasteiger partial charge in [-0.1, -0.05) is 30.0 Å². The molecule has 4 rings (SSSR count). The lowest BCUT2D eigenvalue weighted by Gasteiger charge is -2.13. The first-order chi connectivity index (χ1) is 16.2. The number of aromatic carboxylic acids is 1. The van der Waals surface area contributed by atoms with Gasteiger partial charge in [0.1, 0.15) is 4.32 Å². The molecule has 0 saturated carbocycles. The van der Waals surface area contributed by atoms with Crippen LogP contribution in [0.4, 0.5) is 13.9 Å². The van der Waals surface area contributed by atoms with Crippen molar-refractivity contribution in [1.82, 2.24) is 9.88 Å². The van der Waals surface area contributed by atoms with Crippen LogP contribution in [-0.4, -0.2) is 43.6 Å². The van der Waals surface area contributed by atoms with Crippen molar-refractivity contribution in [3.63, 3.8) is 0 Å². The van der Waals surface area contributed by atoms with Gasteiger partial charge in [0.15, 0.2) is 22.5 Å². The van der Waals surface area contributed by atoms with Crippen LogP contribution in [0.3, 0.4) is 0 Å². The minimum absolute atomic E-state index is 0.0511. The number of carboxylic acid groups (broad SMARTS) is 1. The van der Waals surface area contributed by atoms with E-state index in [4.69, 9.17) is 17.3 Å². The smallest absolute Gasteiger partial charge is 0.355 e. The summed E-state index contributed by atoms with van der Waals surface area (Å²) >= 11 is 8.71. The lowest BCUT2D eigenvalue weighted by molar-refractivity contribution is -0.122. The lowest BCUT2D eigenvalue weighted by atomic mass is 10.1. The molecule has 3 heterocycles. The summed E-state index contributed by atoms with van der Waals surface area (Å²) < 4.78 is 27.0. The Morgan fingerprint density at radius 2 is 1.94 bits per heavy atom. The number of nitrogens with one attached hydrogen (secondary N) is 1. The molecule has 34 heavy (non-hydrogen) atoms. The SMILES string of the molecule is O=C(CCN1C(=O)C(=Cc2cc(-c3ccc(F)c(F)c3)cs2)SC1=S)Nc1nc(C(=O)O)cs1. The lowest BCUT2D eigenvalue weighted by Crippen LogP contribution is -2.31. The highest BCUT2D eigenvalue weighted by molar-refractivity contribution is 8.26. The molecular formula is C21H13F2N3O4S4. The number of benzene rings is 1. The van der Waals surface area contributed by atoms with E-state index in [1.165, 1.54) is 27.7 Å². The second kappa shape index (κ2) is 10.1. The molecule has 7 nitrogen and oxygen atoms in total. The normalized spacial score (nSPS) is 14.8. The highest BCUT2D eigenvalue weighted by Crippen LogP contribution is 2.35. The van der Waals surface area contributed by atoms with E-state index in [9.17, 15) is 23.2 Å². The third kappa shape index (κ3) is 5.38. The number of rotatable bonds is 7. The number of anilines is 1. The van der Waals surface area contributed by atoms with Crippen molar-refractivity contribution in [1.29, 1.82) is 0 Å². The fourth-order valence-electron chi connectivity index (χ4n) is 2.90. The summed E-state index contributed by atoms with van der Waals surface area (Å²) in [6.45, 7) is 0.0511. The average molecular weight is 538 g/mol. The number of amides is 2. The van der Waals surface area contributed by atoms with Crippen molar-refractivity contribution in [2.75, 3.05) is 11.9 Å². The van der Waals surface area contributed by atoms with E-state index < -0.39 is 23.5 Å². The van der Waals surface area contributed by atoms with Crippen LogP contribution in [0.2, 0.25) is 0 Å². The largest absolute Gasteiger partial charge is 0.476 e. The number of hydrogen-bond acceptors (Lipinski definition) is 8. The van der Waals surface area contributed by atoms with Gasteiger partial charge < -0.3 is 10.4 Å². The van der Waals surface area contributed by atoms with Gasteiger partial charge in [0.2, 0.25) is 5.91 Å². The summed E-state index contributed by atoms with van der Waals surface area (Å²) in [4.78, 5) is 42.0. The zero-order chi connectivity index (χ0) is 24.4. The standard InChI is InChI=1S/C21H13F2N3O4S4/c22-13-2-1-10(6-14(13)23)11-5-12(32-8-11)7-16-18(28)26(21(31)34-16)4-3-17(27)25-20-24-15(9-33-20)19(29)30/h1-2,5-9H,3-4H2,(H,29,30)(H,24,25,27). The van der Waals surface area contributed by atoms with Gasteiger partial charge in [-0.15, -0.1) is 22.7 Å². The van der Waals surface area contributed by atoms with Crippen molar-refractivity contribution >= 4 is 80.0 Å². The average Bonchev–Trinajstić information content (AvgIpc) is 3.50. The fourth-order valence-corrected chi connectivity index (χ4v) is 5.82. The first-order valence-electron chi connectivity index (χ1n) is 9.49. The number of thiophene rings is 1. The van der Waals surface area contributed by atoms with Crippen LogP contribution in [0.1, 0.15) is 21.8 Å². The van der Waals surface area contributed by atoms with Gasteiger partial charge in [0.05, 0.1) is 4.91 Å². The van der Waals surface area contributed by atoms with E-state index >= 15 is 0 Å². The summed E-state index contributed by atoms with van der Waals surface area (Å²) in [7, 11) is 0. The Balaban J connectivity index is 1.38. The minimum Gasteiger partial charge on any atom is -0.476 e. The van der Waals surface area contributed by atoms with E-state index in [0.29, 0.717) is 20.4 Å². The molecule has 13 heteroatoms. The maximum absolute atomic E-state index is 13.5. The third-order valence-electron chi connectivity index (χ3n) is 4.55. The number of aromatic nitrogens is 1. The Bertz CT molecular complexity index is 1350. The van der Waals surface area contributed by atoms with Crippen molar-refractivity contribution in [3.8, 4) is 11.1 Å². The van der Waals surface area contributed by atoms with Crippen LogP contribution in [0, 0.1) is 11.6 Å². The molecule has 0 radical (unpaired) electrons. The molecule has 1 saturated heterocycles. The van der Waals surface area contributed by atoms with Crippen LogP contribution < -0.4 is 5.32 Å². The monoisotopic (exact) mass is 537 g/mol. The number of carbonyl (C=O) groups is 3. The second-order valence-corrected chi connectivity index (χ2v) is 10.3. The number of carbonyl (C=O) groups excluding carboxylic acids is 2. The van der Waals surface area contributed by atoms with Gasteiger partial charge in [0.25, 0.3) is 5.91 Å². The van der Waals surface area contributed by atoms with Crippen LogP contribution in [-0.2, 0) is 9.59 Å². The number of hydrogen-bond donors (Lipinski definition) is 2. The maximum atomic E-state index is 13.5. The van der Waals surface area contributed by atoms with Crippen molar-refractivity contribution < 1.29 is 28.3 Å². The molecule has 2 aromatic heterocycles. The Kier molecular flexibility index (Phi) is 7.16. The van der Waals surface area contributed by atoms with Crippen LogP contribution in [0.25, 0.3) is 17.2 Å². The van der Waals surface area contributed by atoms with Crippen molar-refractivity contribution in [2.45, 2.75) is 6.42 Å². The molecule has 0 bridgehead atoms. The Labute approximate surface area is 209 Å². The van der Waals surface area contributed by atoms with Crippen LogP contribution >= 0.6 is 46.7 Å². The van der Waals surface area contributed by atoms with Gasteiger partial charge >= 0.3 is 5.97 Å². The molecule has 0 aliphatic carbocycles. The van der Waals surface area contributed by atoms with Gasteiger partial charge in [-0.05, 0) is 40.8 Å². The molecule has 2 amide bonds. The van der Waals surface area contributed by atoms with E-state index in [1.54, 1.807) is 17.5 Å². The Morgan fingerprint density at radius 1 is 1.15 bits per heavy atom. The van der Waals surface area contributed by atoms with Crippen LogP contribution in [0.15, 0.2) is 39.9 Å². The summed E-state index contributed by atoms with van der Waals surface area (Å²) in [5.41, 5.74) is 1.04. The van der Waals surface area contributed by atoms with Gasteiger partial charge in [0, 0.05) is 23.2 Å². The summed E-state index contributed by atoms with van der Waals surface area (Å²) in [5, 5.41) is 14.6. The first-order valence-corrected chi connectivity index (χ1v) is 12.5. The molecule has 0 spiro atoms.